The van der Waals surface area contributed by atoms with Crippen LogP contribution in [0.5, 0.6) is 0 Å². The Labute approximate surface area is 100 Å². The molecule has 106 valence electrons. The van der Waals surface area contributed by atoms with E-state index in [0.717, 1.165) is 0 Å². The van der Waals surface area contributed by atoms with Gasteiger partial charge in [0.2, 0.25) is 0 Å². The molecule has 4 atom stereocenters. The smallest absolute Gasteiger partial charge is 0.387 e. The summed E-state index contributed by atoms with van der Waals surface area (Å²) >= 11 is 0. The Morgan fingerprint density at radius 3 is 2.00 bits per heavy atom. The first kappa shape index (κ1) is 16.9. The molecule has 0 aromatic rings. The summed E-state index contributed by atoms with van der Waals surface area (Å²) in [5.41, 5.74) is 0. The van der Waals surface area contributed by atoms with Crippen LogP contribution in [0.1, 0.15) is 0 Å². The average Bonchev–Trinajstić information content (AvgIpc) is 2.31. The second-order valence-corrected chi connectivity index (χ2v) is 3.94. The van der Waals surface area contributed by atoms with Crippen LogP contribution >= 0.6 is 0 Å². The number of hydrogen-bond acceptors (Lipinski definition) is 10. The molecular formula is C6H10O11S. The summed E-state index contributed by atoms with van der Waals surface area (Å²) in [6.07, 6.45) is -9.39. The van der Waals surface area contributed by atoms with Crippen LogP contribution in [0.4, 0.5) is 0 Å². The van der Waals surface area contributed by atoms with Gasteiger partial charge in [0.15, 0.2) is 12.4 Å². The highest BCUT2D eigenvalue weighted by Crippen LogP contribution is 2.06. The van der Waals surface area contributed by atoms with Crippen molar-refractivity contribution in [3.05, 3.63) is 0 Å². The Hall–Kier alpha value is -1.15. The molecule has 0 bridgehead atoms. The average molecular weight is 290 g/mol. The number of rotatable bonds is 7. The van der Waals surface area contributed by atoms with Gasteiger partial charge in [0.25, 0.3) is 0 Å². The van der Waals surface area contributed by atoms with Gasteiger partial charge in [-0.2, -0.15) is 8.42 Å². The maximum atomic E-state index is 10.8. The lowest BCUT2D eigenvalue weighted by molar-refractivity contribution is -0.231. The molecule has 11 nitrogen and oxygen atoms in total. The van der Waals surface area contributed by atoms with Crippen LogP contribution < -0.4 is 0 Å². The van der Waals surface area contributed by atoms with Gasteiger partial charge in [0.1, 0.15) is 18.3 Å². The van der Waals surface area contributed by atoms with E-state index in [1.165, 1.54) is 0 Å². The van der Waals surface area contributed by atoms with Crippen LogP contribution in [0.2, 0.25) is 0 Å². The van der Waals surface area contributed by atoms with E-state index in [9.17, 15) is 18.0 Å². The molecule has 0 fully saturated rings. The van der Waals surface area contributed by atoms with Crippen LogP contribution in [0.15, 0.2) is 0 Å². The zero-order valence-corrected chi connectivity index (χ0v) is 9.30. The van der Waals surface area contributed by atoms with Crippen molar-refractivity contribution in [2.24, 2.45) is 0 Å². The monoisotopic (exact) mass is 290 g/mol. The number of aldehydes is 1. The summed E-state index contributed by atoms with van der Waals surface area (Å²) < 4.78 is 31.1. The minimum absolute atomic E-state index is 0.180. The van der Waals surface area contributed by atoms with Crippen LogP contribution in [0.25, 0.3) is 0 Å². The molecule has 0 aliphatic rings. The number of carbonyl (C=O) groups is 2. The molecule has 4 unspecified atom stereocenters. The van der Waals surface area contributed by atoms with Gasteiger partial charge in [0.05, 0.1) is 0 Å². The third-order valence-electron chi connectivity index (χ3n) is 1.61. The van der Waals surface area contributed by atoms with Crippen LogP contribution in [0.3, 0.4) is 0 Å². The molecule has 0 amide bonds. The van der Waals surface area contributed by atoms with E-state index >= 15 is 0 Å². The van der Waals surface area contributed by atoms with Gasteiger partial charge in [-0.05, 0) is 4.33 Å². The largest absolute Gasteiger partial charge is 0.432 e. The number of aliphatic hydroxyl groups is 4. The highest BCUT2D eigenvalue weighted by molar-refractivity contribution is 7.80. The van der Waals surface area contributed by atoms with Crippen molar-refractivity contribution in [2.75, 3.05) is 0 Å². The van der Waals surface area contributed by atoms with E-state index in [2.05, 4.69) is 9.22 Å². The number of carbonyl (C=O) groups excluding carboxylic acids is 2. The van der Waals surface area contributed by atoms with E-state index in [4.69, 9.17) is 25.0 Å². The topological polar surface area (TPSA) is 188 Å². The molecule has 5 N–H and O–H groups in total. The molecule has 0 aliphatic carbocycles. The molecule has 12 heteroatoms. The molecule has 0 rings (SSSR count). The van der Waals surface area contributed by atoms with Crippen molar-refractivity contribution >= 4 is 22.7 Å². The van der Waals surface area contributed by atoms with Crippen LogP contribution in [-0.4, -0.2) is 70.1 Å². The first-order valence-electron chi connectivity index (χ1n) is 4.15. The van der Waals surface area contributed by atoms with Gasteiger partial charge in [0, 0.05) is 0 Å². The standard InChI is InChI=1S/C6H10O11S/c7-1-2(8)3(9)4(10)5(11)6(12)16-17-18(13,14)15/h1-5,8-11H,(H,13,14,15). The first-order valence-corrected chi connectivity index (χ1v) is 5.51. The second-order valence-electron chi connectivity index (χ2n) is 2.95. The van der Waals surface area contributed by atoms with Gasteiger partial charge in [-0.1, -0.05) is 0 Å². The third-order valence-corrected chi connectivity index (χ3v) is 1.85. The molecule has 18 heavy (non-hydrogen) atoms. The molecule has 0 radical (unpaired) electrons. The Morgan fingerprint density at radius 1 is 1.11 bits per heavy atom. The molecule has 0 aromatic carbocycles. The summed E-state index contributed by atoms with van der Waals surface area (Å²) in [6, 6.07) is 0. The Bertz CT molecular complexity index is 388. The Kier molecular flexibility index (Phi) is 6.27. The van der Waals surface area contributed by atoms with Crippen molar-refractivity contribution in [1.82, 2.24) is 0 Å². The van der Waals surface area contributed by atoms with E-state index in [1.54, 1.807) is 0 Å². The van der Waals surface area contributed by atoms with E-state index in [1.807, 2.05) is 0 Å². The van der Waals surface area contributed by atoms with E-state index < -0.39 is 40.8 Å². The van der Waals surface area contributed by atoms with Crippen molar-refractivity contribution in [3.63, 3.8) is 0 Å². The van der Waals surface area contributed by atoms with Crippen molar-refractivity contribution < 1.29 is 52.2 Å². The number of hydrogen-bond donors (Lipinski definition) is 5. The lowest BCUT2D eigenvalue weighted by Crippen LogP contribution is -2.48. The van der Waals surface area contributed by atoms with E-state index in [-0.39, 0.29) is 6.29 Å². The fourth-order valence-electron chi connectivity index (χ4n) is 0.735. The van der Waals surface area contributed by atoms with Gasteiger partial charge < -0.3 is 25.2 Å². The SMILES string of the molecule is O=CC(O)C(O)C(O)C(O)C(=O)OOS(=O)(=O)O. The quantitative estimate of drug-likeness (QED) is 0.133. The van der Waals surface area contributed by atoms with Crippen molar-refractivity contribution in [2.45, 2.75) is 24.4 Å². The van der Waals surface area contributed by atoms with Gasteiger partial charge >= 0.3 is 16.4 Å². The maximum Gasteiger partial charge on any atom is 0.432 e. The number of aliphatic hydroxyl groups excluding tert-OH is 4. The molecular weight excluding hydrogens is 280 g/mol. The molecule has 0 aromatic heterocycles. The summed E-state index contributed by atoms with van der Waals surface area (Å²) in [4.78, 5) is 24.3. The highest BCUT2D eigenvalue weighted by Gasteiger charge is 2.36. The van der Waals surface area contributed by atoms with Gasteiger partial charge in [-0.25, -0.2) is 4.79 Å². The maximum absolute atomic E-state index is 10.8. The second kappa shape index (κ2) is 6.69. The lowest BCUT2D eigenvalue weighted by atomic mass is 10.0. The predicted octanol–water partition coefficient (Wildman–Crippen LogP) is -4.09. The van der Waals surface area contributed by atoms with Gasteiger partial charge in [-0.3, -0.25) is 9.44 Å². The molecule has 0 heterocycles. The third kappa shape index (κ3) is 5.46. The minimum Gasteiger partial charge on any atom is -0.387 e. The Morgan fingerprint density at radius 2 is 1.61 bits per heavy atom. The van der Waals surface area contributed by atoms with E-state index in [0.29, 0.717) is 0 Å². The zero-order chi connectivity index (χ0) is 14.5. The first-order chi connectivity index (χ1) is 8.10. The normalized spacial score (nSPS) is 18.5. The summed E-state index contributed by atoms with van der Waals surface area (Å²) in [5.74, 6) is -1.89. The summed E-state index contributed by atoms with van der Waals surface area (Å²) in [5, 5.41) is 35.9. The molecule has 0 spiro atoms. The zero-order valence-electron chi connectivity index (χ0n) is 8.48. The minimum atomic E-state index is -5.12. The lowest BCUT2D eigenvalue weighted by Gasteiger charge is -2.21. The van der Waals surface area contributed by atoms with Crippen molar-refractivity contribution in [3.8, 4) is 0 Å². The Balaban J connectivity index is 4.50. The molecule has 0 saturated carbocycles. The molecule has 0 saturated heterocycles. The van der Waals surface area contributed by atoms with Crippen molar-refractivity contribution in [1.29, 1.82) is 0 Å². The fraction of sp³-hybridized carbons (Fsp3) is 0.667. The summed E-state index contributed by atoms with van der Waals surface area (Å²) in [6.45, 7) is 0. The predicted molar refractivity (Wildman–Crippen MR) is 48.8 cm³/mol. The fourth-order valence-corrected chi connectivity index (χ4v) is 0.888. The van der Waals surface area contributed by atoms with Crippen LogP contribution in [-0.2, 0) is 29.2 Å². The van der Waals surface area contributed by atoms with Gasteiger partial charge in [-0.15, -0.1) is 0 Å². The highest BCUT2D eigenvalue weighted by atomic mass is 32.3. The van der Waals surface area contributed by atoms with Crippen LogP contribution in [0, 0.1) is 0 Å². The molecule has 0 aliphatic heterocycles. The summed E-state index contributed by atoms with van der Waals surface area (Å²) in [7, 11) is -5.12.